The summed E-state index contributed by atoms with van der Waals surface area (Å²) in [5.41, 5.74) is 2.55. The minimum Gasteiger partial charge on any atom is -0.494 e. The Morgan fingerprint density at radius 3 is 2.63 bits per heavy atom. The monoisotopic (exact) mass is 432 g/mol. The lowest BCUT2D eigenvalue weighted by Gasteiger charge is -2.34. The highest BCUT2D eigenvalue weighted by molar-refractivity contribution is 7.92. The quantitative estimate of drug-likeness (QED) is 0.649. The standard InChI is InChI=1S/C22H28N2O5S/c1-4-28-18-10-8-17(9-11-18)6-5-13-23-22(25)21-15-24(30(3,26)27)19-14-16(2)7-12-20(19)29-21/h7-12,14,21H,4-6,13,15H2,1-3H3,(H,23,25). The van der Waals surface area contributed by atoms with E-state index in [1.54, 1.807) is 12.1 Å². The molecule has 0 saturated carbocycles. The van der Waals surface area contributed by atoms with Crippen LogP contribution in [0, 0.1) is 6.92 Å². The maximum atomic E-state index is 12.6. The average molecular weight is 433 g/mol. The number of carbonyl (C=O) groups is 1. The summed E-state index contributed by atoms with van der Waals surface area (Å²) in [5.74, 6) is 0.920. The summed E-state index contributed by atoms with van der Waals surface area (Å²) in [6, 6.07) is 13.2. The Morgan fingerprint density at radius 1 is 1.23 bits per heavy atom. The molecule has 162 valence electrons. The fraction of sp³-hybridized carbons (Fsp3) is 0.409. The summed E-state index contributed by atoms with van der Waals surface area (Å²) < 4.78 is 36.9. The van der Waals surface area contributed by atoms with E-state index in [4.69, 9.17) is 9.47 Å². The van der Waals surface area contributed by atoms with Crippen molar-refractivity contribution in [2.24, 2.45) is 0 Å². The molecule has 1 unspecified atom stereocenters. The molecule has 1 N–H and O–H groups in total. The van der Waals surface area contributed by atoms with Gasteiger partial charge in [0.2, 0.25) is 10.0 Å². The molecule has 0 radical (unpaired) electrons. The van der Waals surface area contributed by atoms with Crippen molar-refractivity contribution in [1.82, 2.24) is 5.32 Å². The lowest BCUT2D eigenvalue weighted by atomic mass is 10.1. The molecule has 0 bridgehead atoms. The normalized spacial score (nSPS) is 15.8. The molecule has 3 rings (SSSR count). The van der Waals surface area contributed by atoms with Crippen LogP contribution >= 0.6 is 0 Å². The predicted molar refractivity (Wildman–Crippen MR) is 117 cm³/mol. The average Bonchev–Trinajstić information content (AvgIpc) is 2.71. The van der Waals surface area contributed by atoms with Gasteiger partial charge in [-0.25, -0.2) is 8.42 Å². The first-order valence-electron chi connectivity index (χ1n) is 10.0. The SMILES string of the molecule is CCOc1ccc(CCCNC(=O)C2CN(S(C)(=O)=O)c3cc(C)ccc3O2)cc1. The van der Waals surface area contributed by atoms with Gasteiger partial charge in [0.05, 0.1) is 25.1 Å². The molecule has 1 atom stereocenters. The highest BCUT2D eigenvalue weighted by Gasteiger charge is 2.34. The second kappa shape index (κ2) is 9.38. The van der Waals surface area contributed by atoms with Crippen molar-refractivity contribution in [1.29, 1.82) is 0 Å². The zero-order chi connectivity index (χ0) is 21.7. The number of nitrogens with zero attached hydrogens (tertiary/aromatic N) is 1. The Bertz CT molecular complexity index is 989. The maximum absolute atomic E-state index is 12.6. The summed E-state index contributed by atoms with van der Waals surface area (Å²) in [5, 5.41) is 2.86. The lowest BCUT2D eigenvalue weighted by molar-refractivity contribution is -0.127. The number of amides is 1. The second-order valence-corrected chi connectivity index (χ2v) is 9.25. The number of carbonyl (C=O) groups excluding carboxylic acids is 1. The number of aryl methyl sites for hydroxylation is 2. The van der Waals surface area contributed by atoms with Crippen LogP contribution in [0.5, 0.6) is 11.5 Å². The van der Waals surface area contributed by atoms with Gasteiger partial charge in [-0.3, -0.25) is 9.10 Å². The highest BCUT2D eigenvalue weighted by atomic mass is 32.2. The first kappa shape index (κ1) is 22.0. The molecule has 2 aromatic rings. The van der Waals surface area contributed by atoms with Crippen LogP contribution in [-0.4, -0.2) is 46.4 Å². The molecule has 8 heteroatoms. The summed E-state index contributed by atoms with van der Waals surface area (Å²) in [6.07, 6.45) is 1.82. The molecule has 1 aliphatic heterocycles. The van der Waals surface area contributed by atoms with Gasteiger partial charge >= 0.3 is 0 Å². The van der Waals surface area contributed by atoms with Crippen LogP contribution in [0.3, 0.4) is 0 Å². The second-order valence-electron chi connectivity index (χ2n) is 7.34. The smallest absolute Gasteiger partial charge is 0.263 e. The van der Waals surface area contributed by atoms with Gasteiger partial charge in [0.25, 0.3) is 5.91 Å². The number of benzene rings is 2. The third kappa shape index (κ3) is 5.44. The Morgan fingerprint density at radius 2 is 1.97 bits per heavy atom. The molecule has 1 aliphatic rings. The Labute approximate surface area is 178 Å². The molecule has 2 aromatic carbocycles. The summed E-state index contributed by atoms with van der Waals surface area (Å²) in [4.78, 5) is 12.6. The van der Waals surface area contributed by atoms with E-state index < -0.39 is 16.1 Å². The third-order valence-corrected chi connectivity index (χ3v) is 6.00. The van der Waals surface area contributed by atoms with Crippen LogP contribution in [0.25, 0.3) is 0 Å². The number of hydrogen-bond acceptors (Lipinski definition) is 5. The Kier molecular flexibility index (Phi) is 6.87. The number of rotatable bonds is 8. The first-order valence-corrected chi connectivity index (χ1v) is 11.9. The van der Waals surface area contributed by atoms with E-state index in [-0.39, 0.29) is 12.5 Å². The Balaban J connectivity index is 1.56. The third-order valence-electron chi connectivity index (χ3n) is 4.85. The molecule has 0 aliphatic carbocycles. The van der Waals surface area contributed by atoms with Crippen molar-refractivity contribution in [3.05, 3.63) is 53.6 Å². The van der Waals surface area contributed by atoms with E-state index in [0.717, 1.165) is 36.0 Å². The molecular formula is C22H28N2O5S. The van der Waals surface area contributed by atoms with Crippen molar-refractivity contribution >= 4 is 21.6 Å². The van der Waals surface area contributed by atoms with Crippen LogP contribution in [0.15, 0.2) is 42.5 Å². The van der Waals surface area contributed by atoms with Crippen molar-refractivity contribution in [3.63, 3.8) is 0 Å². The van der Waals surface area contributed by atoms with Crippen LogP contribution < -0.4 is 19.1 Å². The highest BCUT2D eigenvalue weighted by Crippen LogP contribution is 2.35. The number of fused-ring (bicyclic) bond motifs is 1. The fourth-order valence-electron chi connectivity index (χ4n) is 3.35. The molecule has 1 amide bonds. The van der Waals surface area contributed by atoms with Gasteiger partial charge in [-0.2, -0.15) is 0 Å². The lowest BCUT2D eigenvalue weighted by Crippen LogP contribution is -2.50. The maximum Gasteiger partial charge on any atom is 0.263 e. The molecule has 0 saturated heterocycles. The van der Waals surface area contributed by atoms with Crippen molar-refractivity contribution in [3.8, 4) is 11.5 Å². The zero-order valence-electron chi connectivity index (χ0n) is 17.6. The largest absolute Gasteiger partial charge is 0.494 e. The summed E-state index contributed by atoms with van der Waals surface area (Å²) in [6.45, 7) is 4.90. The van der Waals surface area contributed by atoms with Crippen LogP contribution in [-0.2, 0) is 21.2 Å². The van der Waals surface area contributed by atoms with Gasteiger partial charge in [0.15, 0.2) is 6.10 Å². The van der Waals surface area contributed by atoms with Gasteiger partial charge in [0, 0.05) is 6.54 Å². The van der Waals surface area contributed by atoms with Crippen molar-refractivity contribution in [2.45, 2.75) is 32.8 Å². The van der Waals surface area contributed by atoms with Gasteiger partial charge in [-0.05, 0) is 62.1 Å². The van der Waals surface area contributed by atoms with E-state index in [9.17, 15) is 13.2 Å². The van der Waals surface area contributed by atoms with Gasteiger partial charge in [0.1, 0.15) is 11.5 Å². The van der Waals surface area contributed by atoms with E-state index in [1.807, 2.05) is 44.2 Å². The van der Waals surface area contributed by atoms with E-state index in [1.165, 1.54) is 4.31 Å². The number of nitrogens with one attached hydrogen (secondary N) is 1. The zero-order valence-corrected chi connectivity index (χ0v) is 18.4. The molecule has 0 aromatic heterocycles. The van der Waals surface area contributed by atoms with Gasteiger partial charge in [-0.1, -0.05) is 18.2 Å². The first-order chi connectivity index (χ1) is 14.3. The Hall–Kier alpha value is -2.74. The van der Waals surface area contributed by atoms with Crippen LogP contribution in [0.1, 0.15) is 24.5 Å². The number of ether oxygens (including phenoxy) is 2. The van der Waals surface area contributed by atoms with Crippen LogP contribution in [0.2, 0.25) is 0 Å². The van der Waals surface area contributed by atoms with E-state index >= 15 is 0 Å². The minimum absolute atomic E-state index is 0.0417. The number of anilines is 1. The molecule has 0 spiro atoms. The van der Waals surface area contributed by atoms with Gasteiger partial charge in [-0.15, -0.1) is 0 Å². The topological polar surface area (TPSA) is 84.9 Å². The minimum atomic E-state index is -3.53. The molecule has 0 fully saturated rings. The summed E-state index contributed by atoms with van der Waals surface area (Å²) >= 11 is 0. The molecule has 30 heavy (non-hydrogen) atoms. The van der Waals surface area contributed by atoms with Crippen molar-refractivity contribution < 1.29 is 22.7 Å². The van der Waals surface area contributed by atoms with Gasteiger partial charge < -0.3 is 14.8 Å². The number of hydrogen-bond donors (Lipinski definition) is 1. The fourth-order valence-corrected chi connectivity index (χ4v) is 4.26. The van der Waals surface area contributed by atoms with Crippen molar-refractivity contribution in [2.75, 3.05) is 30.3 Å². The molecule has 1 heterocycles. The summed E-state index contributed by atoms with van der Waals surface area (Å²) in [7, 11) is -3.53. The molecule has 7 nitrogen and oxygen atoms in total. The van der Waals surface area contributed by atoms with E-state index in [2.05, 4.69) is 5.32 Å². The van der Waals surface area contributed by atoms with E-state index in [0.29, 0.717) is 24.6 Å². The predicted octanol–water partition coefficient (Wildman–Crippen LogP) is 2.67. The number of sulfonamides is 1. The van der Waals surface area contributed by atoms with Crippen LogP contribution in [0.4, 0.5) is 5.69 Å². The molecular weight excluding hydrogens is 404 g/mol.